The number of hydrogen-bond acceptors (Lipinski definition) is 0. The fourth-order valence-electron chi connectivity index (χ4n) is 9.49. The lowest BCUT2D eigenvalue weighted by Gasteiger charge is -2.44. The standard InChI is InChI=1S/C52H42N2Si/c1-52(2,3)55(41-22-9-5-10-23-41,42-24-11-6-12-25-42)43-31-32-46-44-26-13-15-28-48(44)54(51(46)36-43)40-30-33-50-47(35-40)45-27-14-16-29-49(45)53(50)39-21-17-20-38(34-39)37-18-7-4-8-19-37/h4-36H,1-3H3. The molecule has 10 aromatic rings. The Morgan fingerprint density at radius 1 is 0.327 bits per heavy atom. The summed E-state index contributed by atoms with van der Waals surface area (Å²) in [5.41, 5.74) is 9.62. The Bertz CT molecular complexity index is 2960. The average molecular weight is 723 g/mol. The predicted molar refractivity (Wildman–Crippen MR) is 238 cm³/mol. The Hall–Kier alpha value is -6.42. The molecule has 0 atom stereocenters. The molecule has 0 aliphatic carbocycles. The molecule has 0 bridgehead atoms. The Labute approximate surface area is 323 Å². The third-order valence-electron chi connectivity index (χ3n) is 11.8. The van der Waals surface area contributed by atoms with E-state index in [0.29, 0.717) is 0 Å². The molecule has 0 fully saturated rings. The van der Waals surface area contributed by atoms with Crippen molar-refractivity contribution in [2.75, 3.05) is 0 Å². The molecular formula is C52H42N2Si. The molecule has 0 unspecified atom stereocenters. The summed E-state index contributed by atoms with van der Waals surface area (Å²) < 4.78 is 4.93. The van der Waals surface area contributed by atoms with Crippen LogP contribution in [0.4, 0.5) is 0 Å². The van der Waals surface area contributed by atoms with Gasteiger partial charge < -0.3 is 9.13 Å². The lowest BCUT2D eigenvalue weighted by atomic mass is 10.1. The molecule has 0 amide bonds. The lowest BCUT2D eigenvalue weighted by molar-refractivity contribution is 0.739. The first-order valence-electron chi connectivity index (χ1n) is 19.3. The van der Waals surface area contributed by atoms with Gasteiger partial charge in [-0.25, -0.2) is 0 Å². The van der Waals surface area contributed by atoms with Crippen LogP contribution in [0.3, 0.4) is 0 Å². The molecule has 264 valence electrons. The van der Waals surface area contributed by atoms with Crippen LogP contribution in [-0.4, -0.2) is 17.2 Å². The van der Waals surface area contributed by atoms with Crippen molar-refractivity contribution in [1.82, 2.24) is 9.13 Å². The highest BCUT2D eigenvalue weighted by atomic mass is 28.3. The van der Waals surface area contributed by atoms with Crippen LogP contribution in [0.25, 0.3) is 66.1 Å². The van der Waals surface area contributed by atoms with E-state index in [0.717, 1.165) is 5.69 Å². The highest BCUT2D eigenvalue weighted by Gasteiger charge is 2.49. The molecule has 8 aromatic carbocycles. The first kappa shape index (κ1) is 33.2. The van der Waals surface area contributed by atoms with Crippen molar-refractivity contribution in [2.45, 2.75) is 25.8 Å². The normalized spacial score (nSPS) is 12.3. The van der Waals surface area contributed by atoms with Crippen molar-refractivity contribution in [3.05, 3.63) is 200 Å². The summed E-state index contributed by atoms with van der Waals surface area (Å²) in [5.74, 6) is 0. The van der Waals surface area contributed by atoms with Crippen LogP contribution in [0.2, 0.25) is 5.04 Å². The Morgan fingerprint density at radius 3 is 1.45 bits per heavy atom. The second-order valence-corrected chi connectivity index (χ2v) is 20.5. The van der Waals surface area contributed by atoms with E-state index in [1.54, 1.807) is 0 Å². The molecule has 3 heteroatoms. The van der Waals surface area contributed by atoms with Crippen LogP contribution in [0.5, 0.6) is 0 Å². The maximum Gasteiger partial charge on any atom is 0.153 e. The van der Waals surface area contributed by atoms with Crippen LogP contribution >= 0.6 is 0 Å². The van der Waals surface area contributed by atoms with Gasteiger partial charge in [-0.05, 0) is 80.3 Å². The number of hydrogen-bond donors (Lipinski definition) is 0. The summed E-state index contributed by atoms with van der Waals surface area (Å²) in [6.45, 7) is 7.33. The zero-order valence-electron chi connectivity index (χ0n) is 31.4. The largest absolute Gasteiger partial charge is 0.309 e. The number of benzene rings is 8. The van der Waals surface area contributed by atoms with Crippen molar-refractivity contribution in [3.8, 4) is 22.5 Å². The maximum atomic E-state index is 2.54. The van der Waals surface area contributed by atoms with Gasteiger partial charge in [0, 0.05) is 32.9 Å². The van der Waals surface area contributed by atoms with Gasteiger partial charge in [0.1, 0.15) is 0 Å². The summed E-state index contributed by atoms with van der Waals surface area (Å²) in [4.78, 5) is 0. The second kappa shape index (κ2) is 12.9. The van der Waals surface area contributed by atoms with Crippen molar-refractivity contribution in [3.63, 3.8) is 0 Å². The number of para-hydroxylation sites is 2. The molecule has 0 saturated heterocycles. The molecule has 2 aromatic heterocycles. The summed E-state index contributed by atoms with van der Waals surface area (Å²) in [6, 6.07) is 74.3. The van der Waals surface area contributed by atoms with Crippen molar-refractivity contribution in [1.29, 1.82) is 0 Å². The smallest absolute Gasteiger partial charge is 0.153 e. The number of rotatable bonds is 6. The fourth-order valence-corrected chi connectivity index (χ4v) is 15.2. The van der Waals surface area contributed by atoms with Gasteiger partial charge in [0.15, 0.2) is 8.07 Å². The molecule has 0 aliphatic rings. The molecule has 55 heavy (non-hydrogen) atoms. The van der Waals surface area contributed by atoms with Crippen LogP contribution < -0.4 is 15.6 Å². The highest BCUT2D eigenvalue weighted by Crippen LogP contribution is 2.40. The van der Waals surface area contributed by atoms with Crippen LogP contribution in [0.1, 0.15) is 20.8 Å². The summed E-state index contributed by atoms with van der Waals surface area (Å²) in [5, 5.41) is 9.31. The van der Waals surface area contributed by atoms with Crippen LogP contribution in [0, 0.1) is 0 Å². The number of nitrogens with zero attached hydrogens (tertiary/aromatic N) is 2. The first-order valence-corrected chi connectivity index (χ1v) is 21.3. The molecule has 0 radical (unpaired) electrons. The molecule has 2 heterocycles. The van der Waals surface area contributed by atoms with Crippen molar-refractivity contribution < 1.29 is 0 Å². The second-order valence-electron chi connectivity index (χ2n) is 15.8. The van der Waals surface area contributed by atoms with E-state index in [1.807, 2.05) is 0 Å². The minimum atomic E-state index is -2.58. The quantitative estimate of drug-likeness (QED) is 0.119. The maximum absolute atomic E-state index is 2.58. The zero-order chi connectivity index (χ0) is 37.1. The van der Waals surface area contributed by atoms with E-state index in [-0.39, 0.29) is 5.04 Å². The fraction of sp³-hybridized carbons (Fsp3) is 0.0769. The summed E-state index contributed by atoms with van der Waals surface area (Å²) >= 11 is 0. The van der Waals surface area contributed by atoms with E-state index in [2.05, 4.69) is 230 Å². The van der Waals surface area contributed by atoms with Crippen molar-refractivity contribution >= 4 is 67.2 Å². The summed E-state index contributed by atoms with van der Waals surface area (Å²) in [7, 11) is -2.58. The van der Waals surface area contributed by atoms with Gasteiger partial charge in [0.2, 0.25) is 0 Å². The Kier molecular flexibility index (Phi) is 7.76. The Balaban J connectivity index is 1.23. The molecule has 0 saturated carbocycles. The molecular weight excluding hydrogens is 681 g/mol. The summed E-state index contributed by atoms with van der Waals surface area (Å²) in [6.07, 6.45) is 0. The van der Waals surface area contributed by atoms with Gasteiger partial charge >= 0.3 is 0 Å². The SMILES string of the molecule is CC(C)(C)[Si](c1ccccc1)(c1ccccc1)c1ccc2c3ccccc3n(-c3ccc4c(c3)c3ccccc3n4-c3cccc(-c4ccccc4)c3)c2c1. The highest BCUT2D eigenvalue weighted by molar-refractivity contribution is 7.13. The monoisotopic (exact) mass is 722 g/mol. The van der Waals surface area contributed by atoms with Crippen molar-refractivity contribution in [2.24, 2.45) is 0 Å². The van der Waals surface area contributed by atoms with E-state index in [4.69, 9.17) is 0 Å². The molecule has 0 spiro atoms. The predicted octanol–water partition coefficient (Wildman–Crippen LogP) is 11.8. The molecule has 10 rings (SSSR count). The zero-order valence-corrected chi connectivity index (χ0v) is 32.4. The van der Waals surface area contributed by atoms with Gasteiger partial charge in [-0.1, -0.05) is 172 Å². The van der Waals surface area contributed by atoms with Gasteiger partial charge in [0.05, 0.1) is 22.1 Å². The van der Waals surface area contributed by atoms with E-state index < -0.39 is 8.07 Å². The average Bonchev–Trinajstić information content (AvgIpc) is 3.74. The third kappa shape index (κ3) is 5.15. The molecule has 0 aliphatic heterocycles. The van der Waals surface area contributed by atoms with Crippen LogP contribution in [0.15, 0.2) is 200 Å². The van der Waals surface area contributed by atoms with Crippen LogP contribution in [-0.2, 0) is 0 Å². The number of fused-ring (bicyclic) bond motifs is 6. The van der Waals surface area contributed by atoms with Gasteiger partial charge in [0.25, 0.3) is 0 Å². The van der Waals surface area contributed by atoms with Gasteiger partial charge in [-0.3, -0.25) is 0 Å². The number of aromatic nitrogens is 2. The molecule has 2 nitrogen and oxygen atoms in total. The topological polar surface area (TPSA) is 9.86 Å². The van der Waals surface area contributed by atoms with E-state index >= 15 is 0 Å². The van der Waals surface area contributed by atoms with E-state index in [9.17, 15) is 0 Å². The van der Waals surface area contributed by atoms with Gasteiger partial charge in [-0.2, -0.15) is 0 Å². The lowest BCUT2D eigenvalue weighted by Crippen LogP contribution is -2.72. The minimum Gasteiger partial charge on any atom is -0.309 e. The Morgan fingerprint density at radius 2 is 0.818 bits per heavy atom. The molecule has 0 N–H and O–H groups in total. The minimum absolute atomic E-state index is 0.0151. The third-order valence-corrected chi connectivity index (χ3v) is 17.6. The van der Waals surface area contributed by atoms with E-state index in [1.165, 1.54) is 76.0 Å². The first-order chi connectivity index (χ1) is 26.9. The van der Waals surface area contributed by atoms with Gasteiger partial charge in [-0.15, -0.1) is 0 Å².